The van der Waals surface area contributed by atoms with E-state index >= 15 is 28.8 Å². The second kappa shape index (κ2) is 48.5. The summed E-state index contributed by atoms with van der Waals surface area (Å²) in [6, 6.07) is 8.05. The van der Waals surface area contributed by atoms with Gasteiger partial charge in [0.2, 0.25) is 88.6 Å². The van der Waals surface area contributed by atoms with Crippen molar-refractivity contribution in [2.24, 2.45) is 17.6 Å². The molecule has 15 amide bonds. The number of rotatable bonds is 23. The number of nitrogens with two attached hydrogens (primary N) is 1. The van der Waals surface area contributed by atoms with Crippen LogP contribution in [0.2, 0.25) is 0 Å². The number of benzene rings is 3. The number of nitriles is 1. The SMILES string of the molecule is CCCC[C@H]1C(=O)N(C)[C@@H](CCCC)C(=O)N[C@@H](CC(C)C)C(=O)NCCSCC(=O)N[C@@H](Cc2ccc(O)cc2)C(=O)N(C)[C@@H](C)C(=O)N[C@@H](CC(N)=O)C(=O)N2CCCC2C(=O)N[C@@H](CNc2ccc(C#N)cn2)C(=O)N[C@@H](CC(C)C)C(=O)N2CCCC2C(=O)N[C@@H](Cc2c[nH]c3ccccc23)C(=O)NCC(=O)N[C@@H](Cc2cn(CC(=O)O)c3ccccc23)C(=O)N1C. The van der Waals surface area contributed by atoms with Crippen molar-refractivity contribution < 1.29 is 86.9 Å². The number of likely N-dealkylation sites (N-methyl/N-ethyl adjacent to an activating group) is 3. The maximum atomic E-state index is 15.7. The van der Waals surface area contributed by atoms with Gasteiger partial charge in [-0.2, -0.15) is 17.0 Å². The Morgan fingerprint density at radius 1 is 0.580 bits per heavy atom. The standard InChI is InChI=1S/C92H124N20O18S/c1-11-13-24-72-85(123)102-64(39-53(3)4)82(120)95-35-38-131-52-79(116)101-67(41-56-29-32-60(113)33-30-56)88(126)107(8)55(7)81(119)104-69(44-76(94)114)91(129)112-37-20-28-74(112)87(125)106-70(48-98-77-34-31-57(45-93)46-97-77)84(122)105-66(40-54(5)6)90(128)111-36-19-27-73(111)86(124)103-65(42-58-47-96-63-23-17-15-21-61(58)63)83(121)99-49-78(115)100-68(89(127)109(10)75(25-14-12-2)92(130)108(72)9)43-59-50-110(51-80(117)118)71-26-18-16-22-62(59)71/h15-18,21-23,26,29-34,46-47,50,53-55,64-70,72-75,96,113H,11-14,19-20,24-25,27-28,35-44,48-49,51-52H2,1-10H3,(H2,94,114)(H,95,120)(H,97,98)(H,99,121)(H,100,115)(H,101,116)(H,102,123)(H,103,124)(H,104,119)(H,105,122)(H,106,125)(H,117,118)/t55-,64-,65-,66-,67-,68-,69-,70-,72-,73?,74?,75-/m0/s1. The van der Waals surface area contributed by atoms with Gasteiger partial charge >= 0.3 is 5.97 Å². The van der Waals surface area contributed by atoms with Crippen LogP contribution in [0.5, 0.6) is 5.75 Å². The summed E-state index contributed by atoms with van der Waals surface area (Å²) in [5, 5.41) is 58.9. The predicted molar refractivity (Wildman–Crippen MR) is 488 cm³/mol. The van der Waals surface area contributed by atoms with Gasteiger partial charge in [0.05, 0.1) is 24.3 Å². The number of unbranched alkanes of at least 4 members (excludes halogenated alkanes) is 2. The summed E-state index contributed by atoms with van der Waals surface area (Å²) in [6.07, 6.45) is 6.00. The van der Waals surface area contributed by atoms with Crippen molar-refractivity contribution in [1.29, 1.82) is 5.26 Å². The fourth-order valence-electron chi connectivity index (χ4n) is 16.6. The molecule has 6 heterocycles. The molecule has 0 saturated carbocycles. The van der Waals surface area contributed by atoms with E-state index in [0.29, 0.717) is 64.2 Å². The van der Waals surface area contributed by atoms with E-state index in [9.17, 15) is 63.4 Å². The third-order valence-electron chi connectivity index (χ3n) is 23.7. The van der Waals surface area contributed by atoms with E-state index in [4.69, 9.17) is 5.73 Å². The van der Waals surface area contributed by atoms with E-state index in [1.54, 1.807) is 68.7 Å². The summed E-state index contributed by atoms with van der Waals surface area (Å²) in [5.74, 6) is -13.7. The number of primary amides is 1. The number of nitrogens with one attached hydrogen (secondary N) is 11. The monoisotopic (exact) mass is 1830 g/mol. The smallest absolute Gasteiger partial charge is 0.323 e. The number of H-pyrrole nitrogens is 1. The lowest BCUT2D eigenvalue weighted by atomic mass is 9.99. The van der Waals surface area contributed by atoms with Crippen molar-refractivity contribution >= 4 is 134 Å². The van der Waals surface area contributed by atoms with Crippen molar-refractivity contribution in [1.82, 2.24) is 86.9 Å². The Bertz CT molecular complexity index is 5130. The molecule has 9 rings (SSSR count). The van der Waals surface area contributed by atoms with Crippen LogP contribution in [0.15, 0.2) is 104 Å². The molecule has 2 unspecified atom stereocenters. The average Bonchev–Trinajstić information content (AvgIpc) is 1.65. The predicted octanol–water partition coefficient (Wildman–Crippen LogP) is 2.52. The highest BCUT2D eigenvalue weighted by molar-refractivity contribution is 7.99. The number of anilines is 1. The number of thioether (sulfide) groups is 1. The zero-order chi connectivity index (χ0) is 95.4. The van der Waals surface area contributed by atoms with Gasteiger partial charge in [0.15, 0.2) is 0 Å². The number of fused-ring (bicyclic) bond motifs is 4. The summed E-state index contributed by atoms with van der Waals surface area (Å²) < 4.78 is 1.48. The minimum atomic E-state index is -1.73. The number of hydrogen-bond acceptors (Lipinski definition) is 21. The molecule has 6 aromatic rings. The molecular weight excluding hydrogens is 1710 g/mol. The number of amides is 15. The van der Waals surface area contributed by atoms with Crippen LogP contribution in [0.25, 0.3) is 21.8 Å². The van der Waals surface area contributed by atoms with Gasteiger partial charge in [-0.15, -0.1) is 0 Å². The Hall–Kier alpha value is -13.2. The molecule has 0 radical (unpaired) electrons. The van der Waals surface area contributed by atoms with Crippen molar-refractivity contribution in [3.8, 4) is 11.8 Å². The zero-order valence-corrected chi connectivity index (χ0v) is 76.7. The van der Waals surface area contributed by atoms with Gasteiger partial charge in [-0.05, 0) is 123 Å². The molecule has 15 N–H and O–H groups in total. The molecule has 0 bridgehead atoms. The van der Waals surface area contributed by atoms with E-state index in [0.717, 1.165) is 21.6 Å². The lowest BCUT2D eigenvalue weighted by Gasteiger charge is -2.36. The fourth-order valence-corrected chi connectivity index (χ4v) is 17.3. The maximum absolute atomic E-state index is 15.7. The van der Waals surface area contributed by atoms with Crippen molar-refractivity contribution in [2.75, 3.05) is 70.7 Å². The summed E-state index contributed by atoms with van der Waals surface area (Å²) in [7, 11) is 4.12. The van der Waals surface area contributed by atoms with Gasteiger partial charge in [0, 0.05) is 113 Å². The number of hydrogen-bond donors (Lipinski definition) is 14. The molecule has 12 atom stereocenters. The quantitative estimate of drug-likeness (QED) is 0.0438. The van der Waals surface area contributed by atoms with Crippen molar-refractivity contribution in [3.63, 3.8) is 0 Å². The Labute approximate surface area is 765 Å². The van der Waals surface area contributed by atoms with E-state index in [1.165, 1.54) is 89.9 Å². The number of carbonyl (C=O) groups is 16. The number of nitrogens with zero attached hydrogens (tertiary/aromatic N) is 8. The van der Waals surface area contributed by atoms with E-state index in [1.807, 2.05) is 39.8 Å². The first-order chi connectivity index (χ1) is 62.5. The number of aromatic hydroxyl groups is 1. The van der Waals surface area contributed by atoms with Gasteiger partial charge in [0.25, 0.3) is 0 Å². The number of phenolic OH excluding ortho intramolecular Hbond substituents is 1. The number of pyridine rings is 1. The van der Waals surface area contributed by atoms with Crippen LogP contribution >= 0.6 is 11.8 Å². The second-order valence-corrected chi connectivity index (χ2v) is 35.6. The number of aromatic amines is 1. The lowest BCUT2D eigenvalue weighted by Crippen LogP contribution is -2.61. The number of phenols is 1. The zero-order valence-electron chi connectivity index (χ0n) is 75.9. The number of carbonyl (C=O) groups excluding carboxylic acids is 15. The number of carboxylic acids is 1. The molecule has 38 nitrogen and oxygen atoms in total. The number of aliphatic carboxylic acids is 1. The van der Waals surface area contributed by atoms with Crippen LogP contribution in [0, 0.1) is 23.2 Å². The van der Waals surface area contributed by atoms with Crippen molar-refractivity contribution in [2.45, 2.75) is 230 Å². The molecule has 706 valence electrons. The highest BCUT2D eigenvalue weighted by Crippen LogP contribution is 2.29. The first-order valence-electron chi connectivity index (χ1n) is 44.6. The average molecular weight is 1830 g/mol. The highest BCUT2D eigenvalue weighted by Gasteiger charge is 2.45. The minimum Gasteiger partial charge on any atom is -0.508 e. The summed E-state index contributed by atoms with van der Waals surface area (Å²) in [4.78, 5) is 248. The Kier molecular flexibility index (Phi) is 37.6. The number of carboxylic acid groups (broad SMARTS) is 1. The van der Waals surface area contributed by atoms with Crippen molar-refractivity contribution in [3.05, 3.63) is 126 Å². The van der Waals surface area contributed by atoms with Crippen LogP contribution in [0.1, 0.15) is 154 Å². The first-order valence-corrected chi connectivity index (χ1v) is 45.8. The van der Waals surface area contributed by atoms with Crippen LogP contribution in [0.4, 0.5) is 5.82 Å². The van der Waals surface area contributed by atoms with Gasteiger partial charge in [-0.3, -0.25) is 76.7 Å². The van der Waals surface area contributed by atoms with Crippen LogP contribution in [-0.4, -0.2) is 282 Å². The largest absolute Gasteiger partial charge is 0.508 e. The molecule has 39 heteroatoms. The van der Waals surface area contributed by atoms with E-state index in [2.05, 4.69) is 63.1 Å². The van der Waals surface area contributed by atoms with Gasteiger partial charge in [0.1, 0.15) is 96.7 Å². The lowest BCUT2D eigenvalue weighted by molar-refractivity contribution is -0.149. The van der Waals surface area contributed by atoms with E-state index in [-0.39, 0.29) is 131 Å². The molecule has 0 aliphatic carbocycles. The first kappa shape index (κ1) is 102. The summed E-state index contributed by atoms with van der Waals surface area (Å²) >= 11 is 1.09. The molecule has 3 aliphatic heterocycles. The molecule has 3 aromatic heterocycles. The molecule has 3 fully saturated rings. The molecule has 3 aliphatic rings. The van der Waals surface area contributed by atoms with Crippen LogP contribution in [0.3, 0.4) is 0 Å². The third-order valence-corrected chi connectivity index (χ3v) is 24.7. The molecular formula is C92H124N20O18S. The normalized spacial score (nSPS) is 23.5. The maximum Gasteiger partial charge on any atom is 0.323 e. The fraction of sp³-hybridized carbons (Fsp3) is 0.522. The highest BCUT2D eigenvalue weighted by atomic mass is 32.2. The van der Waals surface area contributed by atoms with Gasteiger partial charge in [-0.25, -0.2) is 4.98 Å². The van der Waals surface area contributed by atoms with Gasteiger partial charge < -0.3 is 103 Å². The Morgan fingerprint density at radius 2 is 1.14 bits per heavy atom. The molecule has 3 aromatic carbocycles. The number of aromatic nitrogens is 3. The van der Waals surface area contributed by atoms with E-state index < -0.39 is 193 Å². The molecule has 131 heavy (non-hydrogen) atoms. The topological polar surface area (TPSA) is 533 Å². The summed E-state index contributed by atoms with van der Waals surface area (Å²) in [5.41, 5.74) is 8.61. The minimum absolute atomic E-state index is 0.00119. The van der Waals surface area contributed by atoms with Gasteiger partial charge in [-0.1, -0.05) is 116 Å². The Balaban J connectivity index is 1.07. The van der Waals surface area contributed by atoms with Crippen LogP contribution < -0.4 is 58.9 Å². The molecule has 0 spiro atoms. The Morgan fingerprint density at radius 3 is 1.76 bits per heavy atom. The molecule has 3 saturated heterocycles. The second-order valence-electron chi connectivity index (χ2n) is 34.5. The third kappa shape index (κ3) is 28.2. The summed E-state index contributed by atoms with van der Waals surface area (Å²) in [6.45, 7) is 10.6. The van der Waals surface area contributed by atoms with Crippen LogP contribution in [-0.2, 0) is 103 Å². The number of para-hydroxylation sites is 2.